The van der Waals surface area contributed by atoms with Gasteiger partial charge in [-0.1, -0.05) is 285 Å². The Kier molecular flexibility index (Phi) is 17.8. The maximum Gasteiger partial charge on any atom is 0.143 e. The Morgan fingerprint density at radius 3 is 0.874 bits per heavy atom. The largest absolute Gasteiger partial charge is 0.456 e. The molecule has 9 aromatic heterocycles. The number of thiophene rings is 4. The van der Waals surface area contributed by atoms with Crippen molar-refractivity contribution in [1.29, 1.82) is 0 Å². The van der Waals surface area contributed by atoms with Crippen molar-refractivity contribution in [2.75, 3.05) is 0 Å². The molecule has 30 rings (SSSR count). The van der Waals surface area contributed by atoms with Crippen molar-refractivity contribution in [3.63, 3.8) is 0 Å². The van der Waals surface area contributed by atoms with E-state index in [4.69, 9.17) is 8.83 Å². The van der Waals surface area contributed by atoms with Gasteiger partial charge < -0.3 is 22.5 Å². The Hall–Kier alpha value is -16.5. The fourth-order valence-corrected chi connectivity index (χ4v) is 25.9. The second-order valence-electron chi connectivity index (χ2n) is 35.1. The summed E-state index contributed by atoms with van der Waals surface area (Å²) < 4.78 is 30.4. The number of nitrogens with zero attached hydrogens (tertiary/aromatic N) is 3. The molecule has 9 heteroatoms. The molecule has 0 saturated carbocycles. The molecular formula is C126H75N3O2S4. The van der Waals surface area contributed by atoms with Crippen molar-refractivity contribution in [1.82, 2.24) is 13.7 Å². The van der Waals surface area contributed by atoms with Crippen LogP contribution in [0.1, 0.15) is 0 Å². The highest BCUT2D eigenvalue weighted by Gasteiger charge is 2.24. The molecule has 0 fully saturated rings. The second-order valence-corrected chi connectivity index (χ2v) is 39.5. The number of rotatable bonds is 9. The van der Waals surface area contributed by atoms with Crippen LogP contribution in [0.3, 0.4) is 0 Å². The van der Waals surface area contributed by atoms with Crippen molar-refractivity contribution < 1.29 is 8.83 Å². The number of hydrogen-bond donors (Lipinski definition) is 0. The average molecular weight is 1790 g/mol. The van der Waals surface area contributed by atoms with Gasteiger partial charge in [-0.2, -0.15) is 0 Å². The number of furan rings is 2. The molecular weight excluding hydrogens is 1720 g/mol. The third-order valence-electron chi connectivity index (χ3n) is 27.6. The van der Waals surface area contributed by atoms with Gasteiger partial charge in [0.2, 0.25) is 0 Å². The fourth-order valence-electron chi connectivity index (χ4n) is 21.5. The summed E-state index contributed by atoms with van der Waals surface area (Å²) in [5.74, 6) is 0. The highest BCUT2D eigenvalue weighted by atomic mass is 32.1. The van der Waals surface area contributed by atoms with E-state index in [1.54, 1.807) is 0 Å². The minimum Gasteiger partial charge on any atom is -0.456 e. The van der Waals surface area contributed by atoms with Crippen LogP contribution in [0.4, 0.5) is 0 Å². The molecule has 0 amide bonds. The third-order valence-corrected chi connectivity index (χ3v) is 32.2. The van der Waals surface area contributed by atoms with Crippen LogP contribution in [0.15, 0.2) is 464 Å². The first-order chi connectivity index (χ1) is 66.9. The summed E-state index contributed by atoms with van der Waals surface area (Å²) in [5.41, 5.74) is 29.1. The minimum atomic E-state index is 0.920. The quantitative estimate of drug-likeness (QED) is 0.145. The van der Waals surface area contributed by atoms with Gasteiger partial charge >= 0.3 is 0 Å². The van der Waals surface area contributed by atoms with Crippen molar-refractivity contribution in [2.45, 2.75) is 0 Å². The molecule has 21 aromatic carbocycles. The molecule has 5 nitrogen and oxygen atoms in total. The number of hydrogen-bond acceptors (Lipinski definition) is 6. The van der Waals surface area contributed by atoms with E-state index < -0.39 is 0 Å². The average Bonchev–Trinajstić information content (AvgIpc) is 1.58. The van der Waals surface area contributed by atoms with Gasteiger partial charge in [0, 0.05) is 140 Å². The Morgan fingerprint density at radius 1 is 0.148 bits per heavy atom. The van der Waals surface area contributed by atoms with Gasteiger partial charge in [0.05, 0.1) is 50.2 Å². The Balaban J connectivity index is 0.000000101. The van der Waals surface area contributed by atoms with Crippen LogP contribution in [-0.2, 0) is 0 Å². The molecule has 0 aliphatic rings. The van der Waals surface area contributed by atoms with E-state index in [1.807, 2.05) is 69.6 Å². The van der Waals surface area contributed by atoms with Gasteiger partial charge in [-0.25, -0.2) is 0 Å². The first-order valence-electron chi connectivity index (χ1n) is 45.8. The SMILES string of the molecule is c1cc(-c2ccc3c(c2)c2ccccc2n3-c2cccc3sc4ccccc4c23)cc(-c2cccc3c2oc2ccccc23)c1.c1cc(-c2ccc3oc4ccccc4c3c2)cc(-c2ccc3c(c2)c2ccccc2n3-c2cccc3sc4ccccc4c23)c1.c1cc(-c2ccc3sc4ccccc4c3c2)cc(-c2ccc3c(c2)c2ccccc2n3-c2cccc3sc4ccccc4c23)c1. The van der Waals surface area contributed by atoms with E-state index in [2.05, 4.69) is 444 Å². The van der Waals surface area contributed by atoms with E-state index in [-0.39, 0.29) is 0 Å². The molecule has 135 heavy (non-hydrogen) atoms. The molecule has 0 unspecified atom stereocenters. The van der Waals surface area contributed by atoms with Crippen LogP contribution >= 0.6 is 45.3 Å². The van der Waals surface area contributed by atoms with Gasteiger partial charge in [-0.15, -0.1) is 45.3 Å². The van der Waals surface area contributed by atoms with E-state index in [0.717, 1.165) is 55.0 Å². The summed E-state index contributed by atoms with van der Waals surface area (Å²) in [5, 5.41) is 22.8. The predicted octanol–water partition coefficient (Wildman–Crippen LogP) is 37.6. The lowest BCUT2D eigenvalue weighted by molar-refractivity contribution is 0.669. The summed E-state index contributed by atoms with van der Waals surface area (Å²) >= 11 is 7.47. The molecule has 0 aliphatic heterocycles. The van der Waals surface area contributed by atoms with E-state index >= 15 is 0 Å². The van der Waals surface area contributed by atoms with Crippen LogP contribution in [0, 0.1) is 0 Å². The van der Waals surface area contributed by atoms with Crippen LogP contribution in [0.2, 0.25) is 0 Å². The predicted molar refractivity (Wildman–Crippen MR) is 581 cm³/mol. The Labute approximate surface area is 790 Å². The molecule has 0 N–H and O–H groups in total. The third kappa shape index (κ3) is 12.5. The molecule has 0 bridgehead atoms. The van der Waals surface area contributed by atoms with Gasteiger partial charge in [-0.05, 0) is 231 Å². The summed E-state index contributed by atoms with van der Waals surface area (Å²) in [7, 11) is 0. The second kappa shape index (κ2) is 31.1. The molecule has 30 aromatic rings. The maximum atomic E-state index is 6.38. The van der Waals surface area contributed by atoms with Gasteiger partial charge in [0.25, 0.3) is 0 Å². The van der Waals surface area contributed by atoms with Crippen LogP contribution < -0.4 is 0 Å². The number of aromatic nitrogens is 3. The topological polar surface area (TPSA) is 41.1 Å². The molecule has 0 saturated heterocycles. The van der Waals surface area contributed by atoms with Gasteiger partial charge in [0.1, 0.15) is 22.3 Å². The maximum absolute atomic E-state index is 6.38. The van der Waals surface area contributed by atoms with E-state index in [0.29, 0.717) is 0 Å². The highest BCUT2D eigenvalue weighted by molar-refractivity contribution is 7.27. The minimum absolute atomic E-state index is 0.920. The van der Waals surface area contributed by atoms with Crippen molar-refractivity contribution >= 4 is 235 Å². The summed E-state index contributed by atoms with van der Waals surface area (Å²) in [6.45, 7) is 0. The number of benzene rings is 21. The number of fused-ring (bicyclic) bond motifs is 27. The zero-order chi connectivity index (χ0) is 88.5. The van der Waals surface area contributed by atoms with Crippen molar-refractivity contribution in [3.8, 4) is 83.8 Å². The zero-order valence-electron chi connectivity index (χ0n) is 72.6. The fraction of sp³-hybridized carbons (Fsp3) is 0. The Morgan fingerprint density at radius 2 is 0.422 bits per heavy atom. The smallest absolute Gasteiger partial charge is 0.143 e. The lowest BCUT2D eigenvalue weighted by atomic mass is 9.97. The summed E-state index contributed by atoms with van der Waals surface area (Å²) in [6.07, 6.45) is 0. The standard InChI is InChI=1S/2C42H25NOS.C42H25NS2/c1-4-17-35-30(12-1)34-25-27(22-23-36(34)43(35)37-18-9-21-40-41(37)33-14-3-6-20-39(33)45-40)26-10-7-11-28(24-26)29-15-8-16-32-31-13-2-5-19-38(31)44-42(29)32;1-4-14-35-30(11-1)33-24-28(19-21-36(33)43(35)37-15-8-18-41-42(37)32-13-3-6-17-40(32)45-41)26-9-7-10-27(23-26)29-20-22-39-34(25-29)31-12-2-5-16-38(31)44-39;1-4-14-35-30(11-1)33-24-28(19-21-36(33)43(35)37-15-8-18-41-42(37)32-13-3-6-17-39(32)45-41)26-9-7-10-27(23-26)29-20-22-40-34(25-29)31-12-2-5-16-38(31)44-40/h3*1-25H. The molecule has 0 aliphatic carbocycles. The lowest BCUT2D eigenvalue weighted by Gasteiger charge is -2.11. The molecule has 0 radical (unpaired) electrons. The monoisotopic (exact) mass is 1790 g/mol. The van der Waals surface area contributed by atoms with Crippen LogP contribution in [0.5, 0.6) is 0 Å². The van der Waals surface area contributed by atoms with E-state index in [1.165, 1.54) is 219 Å². The van der Waals surface area contributed by atoms with Gasteiger partial charge in [0.15, 0.2) is 0 Å². The normalized spacial score (nSPS) is 12.0. The first kappa shape index (κ1) is 77.3. The van der Waals surface area contributed by atoms with Crippen LogP contribution in [-0.4, -0.2) is 13.7 Å². The van der Waals surface area contributed by atoms with Gasteiger partial charge in [-0.3, -0.25) is 0 Å². The molecule has 0 atom stereocenters. The van der Waals surface area contributed by atoms with Crippen LogP contribution in [0.25, 0.3) is 274 Å². The Bertz CT molecular complexity index is 9750. The summed E-state index contributed by atoms with van der Waals surface area (Å²) in [4.78, 5) is 0. The lowest BCUT2D eigenvalue weighted by Crippen LogP contribution is -1.94. The number of para-hydroxylation sites is 6. The molecule has 0 spiro atoms. The van der Waals surface area contributed by atoms with Crippen molar-refractivity contribution in [2.24, 2.45) is 0 Å². The van der Waals surface area contributed by atoms with Crippen molar-refractivity contribution in [3.05, 3.63) is 455 Å². The molecule has 630 valence electrons. The summed E-state index contributed by atoms with van der Waals surface area (Å²) in [6, 6.07) is 166. The first-order valence-corrected chi connectivity index (χ1v) is 49.1. The zero-order valence-corrected chi connectivity index (χ0v) is 75.9. The molecule has 9 heterocycles. The highest BCUT2D eigenvalue weighted by Crippen LogP contribution is 2.49. The van der Waals surface area contributed by atoms with E-state index in [9.17, 15) is 0 Å².